The van der Waals surface area contributed by atoms with Crippen LogP contribution in [0.15, 0.2) is 60.7 Å². The molecule has 0 aliphatic carbocycles. The summed E-state index contributed by atoms with van der Waals surface area (Å²) in [7, 11) is 0. The van der Waals surface area contributed by atoms with Gasteiger partial charge in [0.1, 0.15) is 11.6 Å². The van der Waals surface area contributed by atoms with Gasteiger partial charge in [0.15, 0.2) is 0 Å². The van der Waals surface area contributed by atoms with E-state index in [9.17, 15) is 8.78 Å². The molecule has 31 heavy (non-hydrogen) atoms. The van der Waals surface area contributed by atoms with E-state index in [1.807, 2.05) is 24.3 Å². The Morgan fingerprint density at radius 2 is 1.26 bits per heavy atom. The second-order valence-corrected chi connectivity index (χ2v) is 7.51. The summed E-state index contributed by atoms with van der Waals surface area (Å²) in [4.78, 5) is 0. The van der Waals surface area contributed by atoms with Gasteiger partial charge in [-0.25, -0.2) is 8.78 Å². The van der Waals surface area contributed by atoms with E-state index in [1.165, 1.54) is 17.7 Å². The van der Waals surface area contributed by atoms with Crippen LogP contribution in [0.4, 0.5) is 8.78 Å². The van der Waals surface area contributed by atoms with E-state index in [-0.39, 0.29) is 11.4 Å². The number of benzene rings is 3. The minimum absolute atomic E-state index is 0.249. The smallest absolute Gasteiger partial charge is 0.140 e. The van der Waals surface area contributed by atoms with Crippen LogP contribution in [0.25, 0.3) is 0 Å². The summed E-state index contributed by atoms with van der Waals surface area (Å²) in [5, 5.41) is 0. The highest BCUT2D eigenvalue weighted by molar-refractivity contribution is 5.49. The molecule has 2 heteroatoms. The highest BCUT2D eigenvalue weighted by Gasteiger charge is 2.03. The van der Waals surface area contributed by atoms with Crippen molar-refractivity contribution in [3.63, 3.8) is 0 Å². The first-order chi connectivity index (χ1) is 15.1. The molecule has 0 aromatic heterocycles. The fourth-order valence-corrected chi connectivity index (χ4v) is 3.20. The minimum Gasteiger partial charge on any atom is -0.207 e. The molecule has 0 nitrogen and oxygen atoms in total. The molecule has 3 aromatic carbocycles. The van der Waals surface area contributed by atoms with Gasteiger partial charge in [-0.2, -0.15) is 0 Å². The SMILES string of the molecule is CCCCCc1ccc(C#Cc2ccc(C#Cc3ccc(CC)cc3)cc2F)cc1F. The van der Waals surface area contributed by atoms with Gasteiger partial charge in [0.25, 0.3) is 0 Å². The lowest BCUT2D eigenvalue weighted by Crippen LogP contribution is -1.92. The standard InChI is InChI=1S/C29H26F2/c1-3-5-6-7-26-17-14-25(21-28(26)30)16-19-27-18-15-24(20-29(27)31)13-12-23-10-8-22(4-2)9-11-23/h8-11,14-15,17-18,20-21H,3-7H2,1-2H3. The van der Waals surface area contributed by atoms with Crippen molar-refractivity contribution >= 4 is 0 Å². The monoisotopic (exact) mass is 412 g/mol. The Morgan fingerprint density at radius 3 is 1.90 bits per heavy atom. The van der Waals surface area contributed by atoms with Crippen LogP contribution in [0.3, 0.4) is 0 Å². The van der Waals surface area contributed by atoms with Gasteiger partial charge in [-0.15, -0.1) is 0 Å². The van der Waals surface area contributed by atoms with Crippen LogP contribution < -0.4 is 0 Å². The van der Waals surface area contributed by atoms with E-state index in [2.05, 4.69) is 37.5 Å². The predicted octanol–water partition coefficient (Wildman–Crippen LogP) is 7.06. The molecule has 0 amide bonds. The van der Waals surface area contributed by atoms with E-state index in [4.69, 9.17) is 0 Å². The van der Waals surface area contributed by atoms with Gasteiger partial charge >= 0.3 is 0 Å². The Hall–Kier alpha value is -3.36. The van der Waals surface area contributed by atoms with Crippen molar-refractivity contribution in [1.82, 2.24) is 0 Å². The number of hydrogen-bond acceptors (Lipinski definition) is 0. The van der Waals surface area contributed by atoms with E-state index < -0.39 is 5.82 Å². The predicted molar refractivity (Wildman–Crippen MR) is 124 cm³/mol. The molecule has 0 heterocycles. The van der Waals surface area contributed by atoms with E-state index in [0.29, 0.717) is 16.7 Å². The van der Waals surface area contributed by atoms with Gasteiger partial charge in [-0.3, -0.25) is 0 Å². The van der Waals surface area contributed by atoms with Crippen LogP contribution in [-0.2, 0) is 12.8 Å². The number of aryl methyl sites for hydroxylation is 2. The molecule has 0 spiro atoms. The summed E-state index contributed by atoms with van der Waals surface area (Å²) in [6.45, 7) is 4.23. The Bertz CT molecular complexity index is 1150. The molecule has 0 aliphatic rings. The second-order valence-electron chi connectivity index (χ2n) is 7.51. The summed E-state index contributed by atoms with van der Waals surface area (Å²) < 4.78 is 28.7. The third kappa shape index (κ3) is 6.56. The van der Waals surface area contributed by atoms with Crippen molar-refractivity contribution < 1.29 is 8.78 Å². The lowest BCUT2D eigenvalue weighted by Gasteiger charge is -2.03. The molecule has 0 bridgehead atoms. The maximum absolute atomic E-state index is 14.4. The number of hydrogen-bond donors (Lipinski definition) is 0. The fraction of sp³-hybridized carbons (Fsp3) is 0.241. The van der Waals surface area contributed by atoms with Crippen LogP contribution >= 0.6 is 0 Å². The van der Waals surface area contributed by atoms with E-state index in [1.54, 1.807) is 24.3 Å². The number of rotatable bonds is 5. The van der Waals surface area contributed by atoms with E-state index >= 15 is 0 Å². The summed E-state index contributed by atoms with van der Waals surface area (Å²) in [6.07, 6.45) is 4.88. The van der Waals surface area contributed by atoms with Gasteiger partial charge < -0.3 is 0 Å². The summed E-state index contributed by atoms with van der Waals surface area (Å²) in [6, 6.07) is 17.8. The molecule has 0 saturated carbocycles. The van der Waals surface area contributed by atoms with Crippen LogP contribution in [0.2, 0.25) is 0 Å². The highest BCUT2D eigenvalue weighted by Crippen LogP contribution is 2.14. The molecule has 0 atom stereocenters. The average molecular weight is 413 g/mol. The maximum Gasteiger partial charge on any atom is 0.140 e. The van der Waals surface area contributed by atoms with Crippen LogP contribution in [0.5, 0.6) is 0 Å². The number of unbranched alkanes of at least 4 members (excludes halogenated alkanes) is 2. The Kier molecular flexibility index (Phi) is 8.03. The molecule has 0 radical (unpaired) electrons. The van der Waals surface area contributed by atoms with Crippen LogP contribution in [0.1, 0.15) is 66.5 Å². The molecule has 0 unspecified atom stereocenters. The average Bonchev–Trinajstić information content (AvgIpc) is 2.79. The molecule has 0 saturated heterocycles. The molecular formula is C29H26F2. The van der Waals surface area contributed by atoms with Crippen LogP contribution in [-0.4, -0.2) is 0 Å². The molecule has 0 fully saturated rings. The maximum atomic E-state index is 14.4. The van der Waals surface area contributed by atoms with Crippen molar-refractivity contribution in [1.29, 1.82) is 0 Å². The molecule has 3 aromatic rings. The van der Waals surface area contributed by atoms with Gasteiger partial charge in [0, 0.05) is 16.7 Å². The van der Waals surface area contributed by atoms with Crippen molar-refractivity contribution in [3.8, 4) is 23.7 Å². The minimum atomic E-state index is -0.433. The Morgan fingerprint density at radius 1 is 0.645 bits per heavy atom. The summed E-state index contributed by atoms with van der Waals surface area (Å²) >= 11 is 0. The zero-order chi connectivity index (χ0) is 22.1. The first-order valence-corrected chi connectivity index (χ1v) is 10.8. The Labute approximate surface area is 184 Å². The lowest BCUT2D eigenvalue weighted by atomic mass is 10.0. The van der Waals surface area contributed by atoms with Gasteiger partial charge in [-0.05, 0) is 72.9 Å². The Balaban J connectivity index is 1.71. The quantitative estimate of drug-likeness (QED) is 0.311. The van der Waals surface area contributed by atoms with Crippen molar-refractivity contribution in [2.75, 3.05) is 0 Å². The molecule has 3 rings (SSSR count). The zero-order valence-electron chi connectivity index (χ0n) is 18.1. The first kappa shape index (κ1) is 22.3. The third-order valence-electron chi connectivity index (χ3n) is 5.13. The van der Waals surface area contributed by atoms with E-state index in [0.717, 1.165) is 37.7 Å². The lowest BCUT2D eigenvalue weighted by molar-refractivity contribution is 0.598. The molecule has 0 aliphatic heterocycles. The highest BCUT2D eigenvalue weighted by atomic mass is 19.1. The number of halogens is 2. The summed E-state index contributed by atoms with van der Waals surface area (Å²) in [5.74, 6) is 11.0. The molecular weight excluding hydrogens is 386 g/mol. The van der Waals surface area contributed by atoms with Crippen molar-refractivity contribution in [3.05, 3.63) is 106 Å². The zero-order valence-corrected chi connectivity index (χ0v) is 18.1. The largest absolute Gasteiger partial charge is 0.207 e. The molecule has 156 valence electrons. The molecule has 0 N–H and O–H groups in total. The summed E-state index contributed by atoms with van der Waals surface area (Å²) in [5.41, 5.74) is 4.25. The van der Waals surface area contributed by atoms with Gasteiger partial charge in [0.05, 0.1) is 5.56 Å². The van der Waals surface area contributed by atoms with Crippen molar-refractivity contribution in [2.45, 2.75) is 46.0 Å². The normalized spacial score (nSPS) is 10.1. The van der Waals surface area contributed by atoms with Crippen molar-refractivity contribution in [2.24, 2.45) is 0 Å². The van der Waals surface area contributed by atoms with Crippen LogP contribution in [0, 0.1) is 35.3 Å². The third-order valence-corrected chi connectivity index (χ3v) is 5.13. The van der Waals surface area contributed by atoms with Gasteiger partial charge in [0.2, 0.25) is 0 Å². The fourth-order valence-electron chi connectivity index (χ4n) is 3.20. The first-order valence-electron chi connectivity index (χ1n) is 10.8. The topological polar surface area (TPSA) is 0 Å². The van der Waals surface area contributed by atoms with Gasteiger partial charge in [-0.1, -0.05) is 68.6 Å². The second kappa shape index (κ2) is 11.1.